The van der Waals surface area contributed by atoms with Crippen LogP contribution in [0.3, 0.4) is 0 Å². The number of aromatic hydroxyl groups is 1. The molecule has 176 valence electrons. The molecule has 0 saturated carbocycles. The summed E-state index contributed by atoms with van der Waals surface area (Å²) in [5, 5.41) is 15.4. The van der Waals surface area contributed by atoms with Gasteiger partial charge in [0.2, 0.25) is 6.41 Å². The Labute approximate surface area is 199 Å². The van der Waals surface area contributed by atoms with Crippen LogP contribution in [-0.4, -0.2) is 30.0 Å². The number of para-hydroxylation sites is 1. The summed E-state index contributed by atoms with van der Waals surface area (Å²) in [6, 6.07) is 26.4. The van der Waals surface area contributed by atoms with Crippen molar-refractivity contribution in [3.05, 3.63) is 102 Å². The van der Waals surface area contributed by atoms with Crippen LogP contribution in [0.15, 0.2) is 89.3 Å². The number of fused-ring (bicyclic) bond motifs is 1. The van der Waals surface area contributed by atoms with E-state index in [0.29, 0.717) is 24.3 Å². The quantitative estimate of drug-likeness (QED) is 0.312. The Morgan fingerprint density at radius 2 is 1.71 bits per heavy atom. The van der Waals surface area contributed by atoms with Gasteiger partial charge in [0.05, 0.1) is 0 Å². The van der Waals surface area contributed by atoms with E-state index in [4.69, 9.17) is 9.52 Å². The van der Waals surface area contributed by atoms with Crippen molar-refractivity contribution in [2.45, 2.75) is 32.2 Å². The van der Waals surface area contributed by atoms with E-state index in [0.717, 1.165) is 24.6 Å². The molecule has 0 spiro atoms. The van der Waals surface area contributed by atoms with Crippen LogP contribution in [0.1, 0.15) is 35.0 Å². The van der Waals surface area contributed by atoms with E-state index in [-0.39, 0.29) is 17.7 Å². The molecular weight excluding hydrogens is 428 g/mol. The van der Waals surface area contributed by atoms with Crippen molar-refractivity contribution in [2.75, 3.05) is 6.54 Å². The SMILES string of the molecule is CCc1cccc(O)c1.O=CN[C@@H](CCc1ccccc1)CNC(=O)c1cc2ccccc2o1. The van der Waals surface area contributed by atoms with Crippen molar-refractivity contribution >= 4 is 23.3 Å². The summed E-state index contributed by atoms with van der Waals surface area (Å²) in [5.41, 5.74) is 3.05. The minimum Gasteiger partial charge on any atom is -0.508 e. The van der Waals surface area contributed by atoms with Gasteiger partial charge in [-0.15, -0.1) is 0 Å². The van der Waals surface area contributed by atoms with Gasteiger partial charge >= 0.3 is 0 Å². The molecule has 0 radical (unpaired) electrons. The molecule has 0 fully saturated rings. The zero-order valence-corrected chi connectivity index (χ0v) is 19.2. The lowest BCUT2D eigenvalue weighted by atomic mass is 10.1. The van der Waals surface area contributed by atoms with E-state index in [2.05, 4.69) is 17.6 Å². The summed E-state index contributed by atoms with van der Waals surface area (Å²) in [6.07, 6.45) is 3.22. The molecule has 0 aliphatic carbocycles. The summed E-state index contributed by atoms with van der Waals surface area (Å²) in [6.45, 7) is 2.41. The number of phenols is 1. The molecule has 0 saturated heterocycles. The predicted molar refractivity (Wildman–Crippen MR) is 134 cm³/mol. The fourth-order valence-corrected chi connectivity index (χ4v) is 3.50. The molecule has 0 aliphatic heterocycles. The van der Waals surface area contributed by atoms with E-state index in [9.17, 15) is 9.59 Å². The molecule has 0 unspecified atom stereocenters. The summed E-state index contributed by atoms with van der Waals surface area (Å²) in [5.74, 6) is 0.345. The summed E-state index contributed by atoms with van der Waals surface area (Å²) in [4.78, 5) is 23.1. The minimum absolute atomic E-state index is 0.133. The van der Waals surface area contributed by atoms with Crippen molar-refractivity contribution in [3.8, 4) is 5.75 Å². The molecule has 4 aromatic rings. The van der Waals surface area contributed by atoms with Crippen LogP contribution >= 0.6 is 0 Å². The topological polar surface area (TPSA) is 91.6 Å². The third kappa shape index (κ3) is 7.52. The lowest BCUT2D eigenvalue weighted by Crippen LogP contribution is -2.40. The first-order valence-electron chi connectivity index (χ1n) is 11.4. The number of nitrogens with one attached hydrogen (secondary N) is 2. The smallest absolute Gasteiger partial charge is 0.287 e. The average molecular weight is 459 g/mol. The number of carbonyl (C=O) groups excluding carboxylic acids is 2. The first-order valence-corrected chi connectivity index (χ1v) is 11.4. The average Bonchev–Trinajstić information content (AvgIpc) is 3.31. The molecule has 0 aliphatic rings. The monoisotopic (exact) mass is 458 g/mol. The maximum Gasteiger partial charge on any atom is 0.287 e. The summed E-state index contributed by atoms with van der Waals surface area (Å²) < 4.78 is 5.55. The Hall–Kier alpha value is -4.06. The zero-order valence-electron chi connectivity index (χ0n) is 19.2. The Kier molecular flexibility index (Phi) is 9.29. The Bertz CT molecular complexity index is 1150. The lowest BCUT2D eigenvalue weighted by Gasteiger charge is -2.16. The van der Waals surface area contributed by atoms with Crippen LogP contribution in [0.5, 0.6) is 5.75 Å². The standard InChI is InChI=1S/C20H20N2O3.C8H10O/c23-14-22-17(11-10-15-6-2-1-3-7-15)13-21-20(24)19-12-16-8-4-5-9-18(16)25-19;1-2-7-4-3-5-8(9)6-7/h1-9,12,14,17H,10-11,13H2,(H,21,24)(H,22,23);3-6,9H,2H2,1H3/t17-;/m0./s1. The van der Waals surface area contributed by atoms with Crippen molar-refractivity contribution in [3.63, 3.8) is 0 Å². The van der Waals surface area contributed by atoms with E-state index in [1.165, 1.54) is 11.1 Å². The van der Waals surface area contributed by atoms with Crippen LogP contribution in [0.4, 0.5) is 0 Å². The van der Waals surface area contributed by atoms with E-state index in [1.54, 1.807) is 18.2 Å². The fourth-order valence-electron chi connectivity index (χ4n) is 3.50. The molecule has 4 rings (SSSR count). The molecule has 6 heteroatoms. The Balaban J connectivity index is 0.000000302. The van der Waals surface area contributed by atoms with Crippen molar-refractivity contribution in [2.24, 2.45) is 0 Å². The third-order valence-corrected chi connectivity index (χ3v) is 5.41. The molecule has 0 bridgehead atoms. The van der Waals surface area contributed by atoms with Gasteiger partial charge in [0, 0.05) is 18.0 Å². The van der Waals surface area contributed by atoms with Gasteiger partial charge in [-0.05, 0) is 54.7 Å². The van der Waals surface area contributed by atoms with Gasteiger partial charge in [0.15, 0.2) is 5.76 Å². The second-order valence-electron chi connectivity index (χ2n) is 7.89. The number of benzene rings is 3. The molecule has 2 amide bonds. The molecule has 1 heterocycles. The largest absolute Gasteiger partial charge is 0.508 e. The van der Waals surface area contributed by atoms with E-state index < -0.39 is 0 Å². The van der Waals surface area contributed by atoms with Crippen LogP contribution in [0.25, 0.3) is 11.0 Å². The number of furan rings is 1. The maximum absolute atomic E-state index is 12.3. The maximum atomic E-state index is 12.3. The lowest BCUT2D eigenvalue weighted by molar-refractivity contribution is -0.110. The van der Waals surface area contributed by atoms with Crippen LogP contribution in [0.2, 0.25) is 0 Å². The van der Waals surface area contributed by atoms with E-state index in [1.807, 2.05) is 66.7 Å². The summed E-state index contributed by atoms with van der Waals surface area (Å²) in [7, 11) is 0. The van der Waals surface area contributed by atoms with Gasteiger partial charge < -0.3 is 20.2 Å². The zero-order chi connectivity index (χ0) is 24.2. The highest BCUT2D eigenvalue weighted by Crippen LogP contribution is 2.18. The Morgan fingerprint density at radius 3 is 2.38 bits per heavy atom. The first-order chi connectivity index (χ1) is 16.6. The van der Waals surface area contributed by atoms with E-state index >= 15 is 0 Å². The van der Waals surface area contributed by atoms with Gasteiger partial charge in [0.1, 0.15) is 11.3 Å². The molecule has 3 aromatic carbocycles. The van der Waals surface area contributed by atoms with Crippen LogP contribution < -0.4 is 10.6 Å². The van der Waals surface area contributed by atoms with Gasteiger partial charge in [-0.2, -0.15) is 0 Å². The van der Waals surface area contributed by atoms with Gasteiger partial charge in [-0.3, -0.25) is 9.59 Å². The third-order valence-electron chi connectivity index (χ3n) is 5.41. The molecule has 6 nitrogen and oxygen atoms in total. The molecule has 1 atom stereocenters. The van der Waals surface area contributed by atoms with Crippen LogP contribution in [-0.2, 0) is 17.6 Å². The highest BCUT2D eigenvalue weighted by molar-refractivity contribution is 5.96. The molecule has 1 aromatic heterocycles. The number of aryl methyl sites for hydroxylation is 2. The summed E-state index contributed by atoms with van der Waals surface area (Å²) >= 11 is 0. The van der Waals surface area contributed by atoms with Gasteiger partial charge in [-0.1, -0.05) is 67.6 Å². The van der Waals surface area contributed by atoms with Gasteiger partial charge in [-0.25, -0.2) is 0 Å². The number of hydrogen-bond acceptors (Lipinski definition) is 4. The number of phenolic OH excluding ortho intramolecular Hbond substituents is 1. The highest BCUT2D eigenvalue weighted by atomic mass is 16.3. The molecule has 3 N–H and O–H groups in total. The minimum atomic E-state index is -0.284. The number of rotatable bonds is 9. The van der Waals surface area contributed by atoms with Gasteiger partial charge in [0.25, 0.3) is 5.91 Å². The van der Waals surface area contributed by atoms with Crippen molar-refractivity contribution in [1.82, 2.24) is 10.6 Å². The van der Waals surface area contributed by atoms with Crippen LogP contribution in [0, 0.1) is 0 Å². The fraction of sp³-hybridized carbons (Fsp3) is 0.214. The van der Waals surface area contributed by atoms with Crippen molar-refractivity contribution in [1.29, 1.82) is 0 Å². The number of carbonyl (C=O) groups is 2. The Morgan fingerprint density at radius 1 is 0.971 bits per heavy atom. The second-order valence-corrected chi connectivity index (χ2v) is 7.89. The first kappa shape index (κ1) is 24.6. The predicted octanol–water partition coefficient (Wildman–Crippen LogP) is 4.86. The number of hydrogen-bond donors (Lipinski definition) is 3. The molecular formula is C28H30N2O4. The second kappa shape index (κ2) is 12.8. The van der Waals surface area contributed by atoms with Crippen molar-refractivity contribution < 1.29 is 19.1 Å². The number of amides is 2. The highest BCUT2D eigenvalue weighted by Gasteiger charge is 2.14. The normalized spacial score (nSPS) is 11.2. The molecule has 34 heavy (non-hydrogen) atoms.